The fourth-order valence-corrected chi connectivity index (χ4v) is 2.33. The third kappa shape index (κ3) is 1.97. The third-order valence-electron chi connectivity index (χ3n) is 3.37. The molecule has 0 unspecified atom stereocenters. The van der Waals surface area contributed by atoms with Crippen LogP contribution in [-0.2, 0) is 0 Å². The summed E-state index contributed by atoms with van der Waals surface area (Å²) in [7, 11) is 1.69. The molecule has 0 aliphatic rings. The van der Waals surface area contributed by atoms with Gasteiger partial charge in [-0.1, -0.05) is 6.07 Å². The number of imidazole rings is 1. The summed E-state index contributed by atoms with van der Waals surface area (Å²) in [6.07, 6.45) is 4.08. The summed E-state index contributed by atoms with van der Waals surface area (Å²) in [6.45, 7) is 4.12. The maximum atomic E-state index is 5.29. The standard InChI is InChI=1S/C16H16N2O/c1-11-5-4-8-18-10-14(17-16(11)18)13-6-7-15(19-3)12(2)9-13/h4-10H,1-3H3. The molecule has 2 aromatic heterocycles. The van der Waals surface area contributed by atoms with Gasteiger partial charge >= 0.3 is 0 Å². The predicted octanol–water partition coefficient (Wildman–Crippen LogP) is 3.63. The normalized spacial score (nSPS) is 10.9. The number of methoxy groups -OCH3 is 1. The summed E-state index contributed by atoms with van der Waals surface area (Å²) in [5, 5.41) is 0. The molecule has 2 heterocycles. The van der Waals surface area contributed by atoms with Crippen LogP contribution < -0.4 is 4.74 Å². The number of aryl methyl sites for hydroxylation is 2. The highest BCUT2D eigenvalue weighted by atomic mass is 16.5. The third-order valence-corrected chi connectivity index (χ3v) is 3.37. The quantitative estimate of drug-likeness (QED) is 0.696. The Balaban J connectivity index is 2.14. The van der Waals surface area contributed by atoms with Crippen molar-refractivity contribution in [2.24, 2.45) is 0 Å². The van der Waals surface area contributed by atoms with Crippen molar-refractivity contribution in [2.45, 2.75) is 13.8 Å². The van der Waals surface area contributed by atoms with E-state index in [0.29, 0.717) is 0 Å². The second-order valence-electron chi connectivity index (χ2n) is 4.73. The Morgan fingerprint density at radius 2 is 1.95 bits per heavy atom. The number of nitrogens with zero attached hydrogens (tertiary/aromatic N) is 2. The van der Waals surface area contributed by atoms with Crippen LogP contribution in [-0.4, -0.2) is 16.5 Å². The number of hydrogen-bond acceptors (Lipinski definition) is 2. The lowest BCUT2D eigenvalue weighted by atomic mass is 10.1. The molecular weight excluding hydrogens is 236 g/mol. The first-order valence-corrected chi connectivity index (χ1v) is 6.28. The second kappa shape index (κ2) is 4.43. The zero-order valence-corrected chi connectivity index (χ0v) is 11.3. The SMILES string of the molecule is COc1ccc(-c2cn3cccc(C)c3n2)cc1C. The van der Waals surface area contributed by atoms with E-state index in [-0.39, 0.29) is 0 Å². The van der Waals surface area contributed by atoms with Crippen LogP contribution in [0.25, 0.3) is 16.9 Å². The van der Waals surface area contributed by atoms with Crippen LogP contribution in [0.15, 0.2) is 42.7 Å². The number of benzene rings is 1. The van der Waals surface area contributed by atoms with E-state index >= 15 is 0 Å². The Kier molecular flexibility index (Phi) is 2.75. The molecule has 0 fully saturated rings. The fraction of sp³-hybridized carbons (Fsp3) is 0.188. The van der Waals surface area contributed by atoms with Crippen LogP contribution in [0.5, 0.6) is 5.75 Å². The van der Waals surface area contributed by atoms with Crippen molar-refractivity contribution >= 4 is 5.65 Å². The smallest absolute Gasteiger partial charge is 0.140 e. The summed E-state index contributed by atoms with van der Waals surface area (Å²) < 4.78 is 7.35. The molecule has 0 saturated carbocycles. The minimum Gasteiger partial charge on any atom is -0.496 e. The van der Waals surface area contributed by atoms with Crippen molar-refractivity contribution in [1.29, 1.82) is 0 Å². The van der Waals surface area contributed by atoms with E-state index in [2.05, 4.69) is 29.7 Å². The van der Waals surface area contributed by atoms with Crippen LogP contribution in [0, 0.1) is 13.8 Å². The van der Waals surface area contributed by atoms with E-state index < -0.39 is 0 Å². The van der Waals surface area contributed by atoms with Gasteiger partial charge in [-0.3, -0.25) is 0 Å². The Labute approximate surface area is 112 Å². The summed E-state index contributed by atoms with van der Waals surface area (Å²) >= 11 is 0. The van der Waals surface area contributed by atoms with Crippen molar-refractivity contribution < 1.29 is 4.74 Å². The summed E-state index contributed by atoms with van der Waals surface area (Å²) in [4.78, 5) is 4.70. The fourth-order valence-electron chi connectivity index (χ4n) is 2.33. The summed E-state index contributed by atoms with van der Waals surface area (Å²) in [5.41, 5.74) is 5.40. The molecule has 0 aliphatic heterocycles. The predicted molar refractivity (Wildman–Crippen MR) is 76.7 cm³/mol. The molecular formula is C16H16N2O. The maximum Gasteiger partial charge on any atom is 0.140 e. The largest absolute Gasteiger partial charge is 0.496 e. The molecule has 0 radical (unpaired) electrons. The minimum atomic E-state index is 0.906. The topological polar surface area (TPSA) is 26.5 Å². The van der Waals surface area contributed by atoms with Gasteiger partial charge in [-0.15, -0.1) is 0 Å². The molecule has 0 saturated heterocycles. The van der Waals surface area contributed by atoms with Gasteiger partial charge in [0.05, 0.1) is 12.8 Å². The van der Waals surface area contributed by atoms with Crippen molar-refractivity contribution in [3.63, 3.8) is 0 Å². The molecule has 19 heavy (non-hydrogen) atoms. The zero-order valence-electron chi connectivity index (χ0n) is 11.3. The van der Waals surface area contributed by atoms with E-state index in [0.717, 1.165) is 28.2 Å². The number of aromatic nitrogens is 2. The number of pyridine rings is 1. The molecule has 3 rings (SSSR count). The number of hydrogen-bond donors (Lipinski definition) is 0. The van der Waals surface area contributed by atoms with E-state index in [1.165, 1.54) is 5.56 Å². The van der Waals surface area contributed by atoms with Crippen molar-refractivity contribution in [3.8, 4) is 17.0 Å². The molecule has 3 heteroatoms. The van der Waals surface area contributed by atoms with E-state index in [1.807, 2.05) is 31.3 Å². The molecule has 96 valence electrons. The van der Waals surface area contributed by atoms with Crippen LogP contribution in [0.1, 0.15) is 11.1 Å². The Morgan fingerprint density at radius 1 is 1.11 bits per heavy atom. The molecule has 0 spiro atoms. The van der Waals surface area contributed by atoms with Crippen LogP contribution in [0.3, 0.4) is 0 Å². The van der Waals surface area contributed by atoms with Gasteiger partial charge in [-0.25, -0.2) is 4.98 Å². The summed E-state index contributed by atoms with van der Waals surface area (Å²) in [5.74, 6) is 0.906. The van der Waals surface area contributed by atoms with E-state index in [9.17, 15) is 0 Å². The number of rotatable bonds is 2. The highest BCUT2D eigenvalue weighted by Crippen LogP contribution is 2.26. The van der Waals surface area contributed by atoms with Crippen LogP contribution in [0.4, 0.5) is 0 Å². The van der Waals surface area contributed by atoms with Gasteiger partial charge in [0, 0.05) is 18.0 Å². The van der Waals surface area contributed by atoms with Gasteiger partial charge in [-0.05, 0) is 49.2 Å². The van der Waals surface area contributed by atoms with Crippen LogP contribution in [0.2, 0.25) is 0 Å². The Morgan fingerprint density at radius 3 is 2.63 bits per heavy atom. The first-order chi connectivity index (χ1) is 9.19. The molecule has 3 aromatic rings. The Hall–Kier alpha value is -2.29. The number of fused-ring (bicyclic) bond motifs is 1. The lowest BCUT2D eigenvalue weighted by Gasteiger charge is -2.05. The lowest BCUT2D eigenvalue weighted by molar-refractivity contribution is 0.412. The second-order valence-corrected chi connectivity index (χ2v) is 4.73. The molecule has 0 aliphatic carbocycles. The highest BCUT2D eigenvalue weighted by Gasteiger charge is 2.07. The molecule has 1 aromatic carbocycles. The van der Waals surface area contributed by atoms with Gasteiger partial charge < -0.3 is 9.14 Å². The first kappa shape index (κ1) is 11.8. The van der Waals surface area contributed by atoms with Crippen molar-refractivity contribution in [3.05, 3.63) is 53.9 Å². The van der Waals surface area contributed by atoms with Crippen molar-refractivity contribution in [2.75, 3.05) is 7.11 Å². The molecule has 0 N–H and O–H groups in total. The molecule has 0 bridgehead atoms. The van der Waals surface area contributed by atoms with Crippen LogP contribution >= 0.6 is 0 Å². The van der Waals surface area contributed by atoms with Gasteiger partial charge in [0.1, 0.15) is 11.4 Å². The van der Waals surface area contributed by atoms with Gasteiger partial charge in [0.2, 0.25) is 0 Å². The van der Waals surface area contributed by atoms with Crippen molar-refractivity contribution in [1.82, 2.24) is 9.38 Å². The van der Waals surface area contributed by atoms with E-state index in [1.54, 1.807) is 7.11 Å². The van der Waals surface area contributed by atoms with E-state index in [4.69, 9.17) is 9.72 Å². The minimum absolute atomic E-state index is 0.906. The monoisotopic (exact) mass is 252 g/mol. The number of ether oxygens (including phenoxy) is 1. The molecule has 0 atom stereocenters. The first-order valence-electron chi connectivity index (χ1n) is 6.28. The Bertz CT molecular complexity index is 744. The highest BCUT2D eigenvalue weighted by molar-refractivity contribution is 5.65. The molecule has 3 nitrogen and oxygen atoms in total. The zero-order chi connectivity index (χ0) is 13.4. The lowest BCUT2D eigenvalue weighted by Crippen LogP contribution is -1.87. The average Bonchev–Trinajstić information content (AvgIpc) is 2.84. The van der Waals surface area contributed by atoms with Gasteiger partial charge in [-0.2, -0.15) is 0 Å². The van der Waals surface area contributed by atoms with Gasteiger partial charge in [0.25, 0.3) is 0 Å². The van der Waals surface area contributed by atoms with Gasteiger partial charge in [0.15, 0.2) is 0 Å². The molecule has 0 amide bonds. The maximum absolute atomic E-state index is 5.29. The summed E-state index contributed by atoms with van der Waals surface area (Å²) in [6, 6.07) is 10.2. The average molecular weight is 252 g/mol.